The number of Topliss-reactive ketones (excluding diaryl/α,β-unsaturated/α-hetero) is 1. The molecule has 0 aromatic heterocycles. The Morgan fingerprint density at radius 3 is 2.55 bits per heavy atom. The zero-order valence-electron chi connectivity index (χ0n) is 17.1. The number of likely N-dealkylation sites (tertiary alicyclic amines) is 1. The van der Waals surface area contributed by atoms with Crippen LogP contribution in [0.25, 0.3) is 0 Å². The molecule has 0 bridgehead atoms. The van der Waals surface area contributed by atoms with Crippen molar-refractivity contribution in [3.63, 3.8) is 0 Å². The van der Waals surface area contributed by atoms with Crippen LogP contribution < -0.4 is 0 Å². The molecule has 2 fully saturated rings. The molecule has 3 rings (SSSR count). The minimum Gasteiger partial charge on any atom is -0.464 e. The van der Waals surface area contributed by atoms with Crippen molar-refractivity contribution in [2.24, 2.45) is 11.8 Å². The monoisotopic (exact) mass is 401 g/mol. The number of aliphatic hydroxyl groups excluding tert-OH is 1. The lowest BCUT2D eigenvalue weighted by Gasteiger charge is -2.31. The first-order chi connectivity index (χ1) is 14.0. The number of aryl methyl sites for hydroxylation is 1. The predicted octanol–water partition coefficient (Wildman–Crippen LogP) is 2.52. The Balaban J connectivity index is 1.62. The Kier molecular flexibility index (Phi) is 7.42. The molecule has 1 saturated carbocycles. The standard InChI is InChI=1S/C23H31NO5/c1-2-29-23(28)21(26)19-12-7-15-24(19)22(27)18-11-6-10-17(18)20(25)14-13-16-8-4-3-5-9-16/h3-5,8-9,17-19,21,26H,2,6-7,10-15H2,1H3/t17?,18?,19?,21-/m0/s1. The average molecular weight is 402 g/mol. The fourth-order valence-electron chi connectivity index (χ4n) is 4.73. The van der Waals surface area contributed by atoms with Crippen molar-refractivity contribution in [2.45, 2.75) is 64.0 Å². The molecule has 3 unspecified atom stereocenters. The van der Waals surface area contributed by atoms with Crippen molar-refractivity contribution in [1.29, 1.82) is 0 Å². The van der Waals surface area contributed by atoms with E-state index in [4.69, 9.17) is 4.74 Å². The summed E-state index contributed by atoms with van der Waals surface area (Å²) in [7, 11) is 0. The summed E-state index contributed by atoms with van der Waals surface area (Å²) >= 11 is 0. The SMILES string of the molecule is CCOC(=O)[C@@H](O)C1CCCN1C(=O)C1CCCC1C(=O)CCc1ccccc1. The van der Waals surface area contributed by atoms with Crippen molar-refractivity contribution in [3.8, 4) is 0 Å². The number of hydrogen-bond donors (Lipinski definition) is 1. The molecule has 6 nitrogen and oxygen atoms in total. The fourth-order valence-corrected chi connectivity index (χ4v) is 4.73. The maximum atomic E-state index is 13.2. The number of aliphatic hydroxyl groups is 1. The number of benzene rings is 1. The van der Waals surface area contributed by atoms with E-state index >= 15 is 0 Å². The van der Waals surface area contributed by atoms with Crippen LogP contribution in [0, 0.1) is 11.8 Å². The van der Waals surface area contributed by atoms with E-state index in [9.17, 15) is 19.5 Å². The van der Waals surface area contributed by atoms with Crippen molar-refractivity contribution in [2.75, 3.05) is 13.2 Å². The lowest BCUT2D eigenvalue weighted by atomic mass is 9.87. The molecule has 1 saturated heterocycles. The lowest BCUT2D eigenvalue weighted by molar-refractivity contribution is -0.158. The second kappa shape index (κ2) is 10.0. The van der Waals surface area contributed by atoms with Crippen LogP contribution in [0.4, 0.5) is 0 Å². The first-order valence-corrected chi connectivity index (χ1v) is 10.7. The summed E-state index contributed by atoms with van der Waals surface area (Å²) in [5, 5.41) is 10.4. The largest absolute Gasteiger partial charge is 0.464 e. The second-order valence-corrected chi connectivity index (χ2v) is 8.03. The maximum absolute atomic E-state index is 13.2. The number of nitrogens with zero attached hydrogens (tertiary/aromatic N) is 1. The van der Waals surface area contributed by atoms with Crippen LogP contribution in [0.3, 0.4) is 0 Å². The Hall–Kier alpha value is -2.21. The van der Waals surface area contributed by atoms with Gasteiger partial charge in [0.1, 0.15) is 5.78 Å². The van der Waals surface area contributed by atoms with Crippen molar-refractivity contribution in [3.05, 3.63) is 35.9 Å². The molecule has 4 atom stereocenters. The molecule has 1 aliphatic carbocycles. The summed E-state index contributed by atoms with van der Waals surface area (Å²) in [5.74, 6) is -1.22. The summed E-state index contributed by atoms with van der Waals surface area (Å²) in [5.41, 5.74) is 1.12. The predicted molar refractivity (Wildman–Crippen MR) is 108 cm³/mol. The third-order valence-electron chi connectivity index (χ3n) is 6.22. The Morgan fingerprint density at radius 2 is 1.83 bits per heavy atom. The third-order valence-corrected chi connectivity index (χ3v) is 6.22. The number of carbonyl (C=O) groups is 3. The van der Waals surface area contributed by atoms with Crippen molar-refractivity contribution >= 4 is 17.7 Å². The minimum atomic E-state index is -1.32. The molecule has 29 heavy (non-hydrogen) atoms. The molecule has 6 heteroatoms. The minimum absolute atomic E-state index is 0.0913. The number of ether oxygens (including phenoxy) is 1. The van der Waals surface area contributed by atoms with E-state index in [1.165, 1.54) is 0 Å². The first kappa shape index (κ1) is 21.5. The van der Waals surface area contributed by atoms with Crippen LogP contribution in [-0.4, -0.2) is 53.0 Å². The number of carbonyl (C=O) groups excluding carboxylic acids is 3. The van der Waals surface area contributed by atoms with Crippen LogP contribution in [-0.2, 0) is 25.5 Å². The molecular weight excluding hydrogens is 370 g/mol. The second-order valence-electron chi connectivity index (χ2n) is 8.03. The number of esters is 1. The molecule has 0 spiro atoms. The van der Waals surface area contributed by atoms with E-state index in [2.05, 4.69) is 0 Å². The van der Waals surface area contributed by atoms with Crippen LogP contribution >= 0.6 is 0 Å². The van der Waals surface area contributed by atoms with E-state index in [-0.39, 0.29) is 30.1 Å². The van der Waals surface area contributed by atoms with E-state index in [0.29, 0.717) is 32.2 Å². The summed E-state index contributed by atoms with van der Waals surface area (Å²) in [6, 6.07) is 9.34. The Labute approximate surface area is 172 Å². The summed E-state index contributed by atoms with van der Waals surface area (Å²) in [6.45, 7) is 2.39. The Morgan fingerprint density at radius 1 is 1.10 bits per heavy atom. The molecule has 158 valence electrons. The molecule has 1 heterocycles. The van der Waals surface area contributed by atoms with Crippen LogP contribution in [0.1, 0.15) is 51.0 Å². The van der Waals surface area contributed by atoms with Gasteiger partial charge in [-0.1, -0.05) is 36.8 Å². The van der Waals surface area contributed by atoms with Gasteiger partial charge in [0.25, 0.3) is 0 Å². The van der Waals surface area contributed by atoms with Gasteiger partial charge in [-0.2, -0.15) is 0 Å². The summed E-state index contributed by atoms with van der Waals surface area (Å²) in [6.07, 6.45) is 3.41. The molecule has 1 aromatic rings. The average Bonchev–Trinajstić information content (AvgIpc) is 3.41. The van der Waals surface area contributed by atoms with E-state index in [1.807, 2.05) is 30.3 Å². The van der Waals surface area contributed by atoms with Crippen LogP contribution in [0.15, 0.2) is 30.3 Å². The van der Waals surface area contributed by atoms with E-state index in [0.717, 1.165) is 24.8 Å². The summed E-state index contributed by atoms with van der Waals surface area (Å²) in [4.78, 5) is 39.7. The van der Waals surface area contributed by atoms with Crippen molar-refractivity contribution in [1.82, 2.24) is 4.90 Å². The van der Waals surface area contributed by atoms with Gasteiger partial charge in [-0.25, -0.2) is 4.79 Å². The number of rotatable bonds is 8. The highest BCUT2D eigenvalue weighted by atomic mass is 16.5. The number of amides is 1. The summed E-state index contributed by atoms with van der Waals surface area (Å²) < 4.78 is 4.92. The van der Waals surface area contributed by atoms with E-state index < -0.39 is 18.1 Å². The van der Waals surface area contributed by atoms with Crippen LogP contribution in [0.5, 0.6) is 0 Å². The fraction of sp³-hybridized carbons (Fsp3) is 0.609. The third kappa shape index (κ3) is 5.04. The maximum Gasteiger partial charge on any atom is 0.337 e. The van der Waals surface area contributed by atoms with Gasteiger partial charge in [0.2, 0.25) is 5.91 Å². The molecule has 1 amide bonds. The highest BCUT2D eigenvalue weighted by Crippen LogP contribution is 2.37. The van der Waals surface area contributed by atoms with Gasteiger partial charge in [0.05, 0.1) is 12.6 Å². The highest BCUT2D eigenvalue weighted by Gasteiger charge is 2.44. The van der Waals surface area contributed by atoms with Crippen LogP contribution in [0.2, 0.25) is 0 Å². The molecule has 1 N–H and O–H groups in total. The number of hydrogen-bond acceptors (Lipinski definition) is 5. The van der Waals surface area contributed by atoms with Gasteiger partial charge in [0, 0.05) is 24.8 Å². The molecule has 2 aliphatic rings. The topological polar surface area (TPSA) is 83.9 Å². The molecule has 1 aromatic carbocycles. The van der Waals surface area contributed by atoms with Gasteiger partial charge < -0.3 is 14.7 Å². The van der Waals surface area contributed by atoms with Gasteiger partial charge in [0.15, 0.2) is 6.10 Å². The smallest absolute Gasteiger partial charge is 0.337 e. The zero-order chi connectivity index (χ0) is 20.8. The van der Waals surface area contributed by atoms with Gasteiger partial charge in [-0.3, -0.25) is 9.59 Å². The van der Waals surface area contributed by atoms with Crippen molar-refractivity contribution < 1.29 is 24.2 Å². The highest BCUT2D eigenvalue weighted by molar-refractivity contribution is 5.90. The molecule has 0 radical (unpaired) electrons. The quantitative estimate of drug-likeness (QED) is 0.677. The van der Waals surface area contributed by atoms with Gasteiger partial charge in [-0.15, -0.1) is 0 Å². The van der Waals surface area contributed by atoms with Gasteiger partial charge >= 0.3 is 5.97 Å². The van der Waals surface area contributed by atoms with E-state index in [1.54, 1.807) is 11.8 Å². The zero-order valence-corrected chi connectivity index (χ0v) is 17.1. The number of ketones is 1. The lowest BCUT2D eigenvalue weighted by Crippen LogP contribution is -2.49. The first-order valence-electron chi connectivity index (χ1n) is 10.7. The molecular formula is C23H31NO5. The molecule has 1 aliphatic heterocycles. The normalized spacial score (nSPS) is 25.0. The Bertz CT molecular complexity index is 719. The van der Waals surface area contributed by atoms with Gasteiger partial charge in [-0.05, 0) is 44.6 Å².